The molecule has 0 atom stereocenters. The average Bonchev–Trinajstić information content (AvgIpc) is 2.45. The van der Waals surface area contributed by atoms with Crippen LogP contribution < -0.4 is 20.1 Å². The Kier molecular flexibility index (Phi) is 5.18. The highest BCUT2D eigenvalue weighted by Crippen LogP contribution is 2.34. The van der Waals surface area contributed by atoms with Crippen LogP contribution in [0.5, 0.6) is 11.5 Å². The fraction of sp³-hybridized carbons (Fsp3) is 0.333. The van der Waals surface area contributed by atoms with E-state index in [4.69, 9.17) is 9.47 Å². The summed E-state index contributed by atoms with van der Waals surface area (Å²) in [6, 6.07) is 9.28. The summed E-state index contributed by atoms with van der Waals surface area (Å²) in [6.45, 7) is 8.57. The van der Waals surface area contributed by atoms with Crippen molar-refractivity contribution < 1.29 is 9.47 Å². The fourth-order valence-corrected chi connectivity index (χ4v) is 4.11. The van der Waals surface area contributed by atoms with Gasteiger partial charge in [0, 0.05) is 0 Å². The summed E-state index contributed by atoms with van der Waals surface area (Å²) in [7, 11) is 3.57. The smallest absolute Gasteiger partial charge is 0.124 e. The van der Waals surface area contributed by atoms with Gasteiger partial charge in [-0.15, -0.1) is 0 Å². The van der Waals surface area contributed by atoms with Crippen molar-refractivity contribution in [2.45, 2.75) is 27.7 Å². The summed E-state index contributed by atoms with van der Waals surface area (Å²) in [5.41, 5.74) is 4.97. The Balaban J connectivity index is 2.46. The van der Waals surface area contributed by atoms with Gasteiger partial charge in [0.05, 0.1) is 14.2 Å². The third kappa shape index (κ3) is 3.15. The topological polar surface area (TPSA) is 18.5 Å². The lowest BCUT2D eigenvalue weighted by Gasteiger charge is -2.24. The summed E-state index contributed by atoms with van der Waals surface area (Å²) in [4.78, 5) is 0. The molecule has 0 radical (unpaired) electrons. The van der Waals surface area contributed by atoms with Gasteiger partial charge in [0.15, 0.2) is 0 Å². The Labute approximate surface area is 136 Å². The average molecular weight is 315 g/mol. The molecule has 118 valence electrons. The molecule has 0 N–H and O–H groups in total. The number of ether oxygens (including phenoxy) is 2. The lowest BCUT2D eigenvalue weighted by atomic mass is 10.1. The van der Waals surface area contributed by atoms with Gasteiger partial charge in [-0.1, -0.05) is 34.9 Å². The molecule has 0 aliphatic rings. The van der Waals surface area contributed by atoms with Crippen molar-refractivity contribution in [2.24, 2.45) is 0 Å². The Morgan fingerprint density at radius 3 is 1.18 bits per heavy atom. The molecule has 0 aliphatic carbocycles. The Hall–Kier alpha value is -1.47. The van der Waals surface area contributed by atoms with Crippen LogP contribution in [0.4, 0.5) is 0 Å². The first-order valence-corrected chi connectivity index (χ1v) is 7.88. The van der Waals surface area contributed by atoms with Crippen molar-refractivity contribution in [3.05, 3.63) is 46.5 Å². The first-order chi connectivity index (χ1) is 10.4. The zero-order valence-corrected chi connectivity index (χ0v) is 14.5. The van der Waals surface area contributed by atoms with Crippen molar-refractivity contribution in [1.29, 1.82) is 0 Å². The molecule has 0 amide bonds. The molecule has 2 aromatic carbocycles. The lowest BCUT2D eigenvalue weighted by Crippen LogP contribution is -2.14. The molecule has 0 aromatic heterocycles. The number of hydrogen-bond acceptors (Lipinski definition) is 2. The van der Waals surface area contributed by atoms with E-state index >= 15 is 0 Å². The molecule has 0 saturated heterocycles. The van der Waals surface area contributed by atoms with Crippen LogP contribution in [0.15, 0.2) is 24.3 Å². The fourth-order valence-electron chi connectivity index (χ4n) is 2.78. The normalized spacial score (nSPS) is 10.9. The second-order valence-electron chi connectivity index (χ2n) is 5.34. The maximum absolute atomic E-state index is 5.50. The second kappa shape index (κ2) is 6.75. The number of hydrogen-bond donors (Lipinski definition) is 0. The summed E-state index contributed by atoms with van der Waals surface area (Å²) < 4.78 is 11.0. The van der Waals surface area contributed by atoms with Gasteiger partial charge in [0.25, 0.3) is 0 Å². The quantitative estimate of drug-likeness (QED) is 0.638. The lowest BCUT2D eigenvalue weighted by molar-refractivity contribution is 0.408. The van der Waals surface area contributed by atoms with E-state index in [9.17, 15) is 0 Å². The zero-order valence-electron chi connectivity index (χ0n) is 13.6. The van der Waals surface area contributed by atoms with Gasteiger partial charge in [-0.3, -0.25) is 0 Å². The van der Waals surface area contributed by atoms with E-state index in [0.717, 1.165) is 11.5 Å². The zero-order chi connectivity index (χ0) is 16.4. The van der Waals surface area contributed by atoms with Crippen molar-refractivity contribution in [1.82, 2.24) is 0 Å². The van der Waals surface area contributed by atoms with Crippen molar-refractivity contribution in [2.75, 3.05) is 14.2 Å². The molecule has 0 spiro atoms. The number of rotatable bonds is 4. The number of benzene rings is 2. The van der Waals surface area contributed by atoms with Crippen LogP contribution in [0.1, 0.15) is 22.3 Å². The van der Waals surface area contributed by atoms with E-state index < -0.39 is 0 Å². The molecular formula is C18H25BO2P-. The highest BCUT2D eigenvalue weighted by molar-refractivity contribution is 7.94. The van der Waals surface area contributed by atoms with Gasteiger partial charge in [-0.25, -0.2) is 7.80 Å². The Morgan fingerprint density at radius 1 is 0.682 bits per heavy atom. The van der Waals surface area contributed by atoms with E-state index in [1.54, 1.807) is 14.2 Å². The SMILES string of the molecule is [BH3-]P(c1cc(C)c(OC)c(C)c1)c1cc(C)c(OC)c(C)c1. The summed E-state index contributed by atoms with van der Waals surface area (Å²) in [6.07, 6.45) is 0. The van der Waals surface area contributed by atoms with E-state index in [0.29, 0.717) is 0 Å². The molecule has 2 aromatic rings. The van der Waals surface area contributed by atoms with Crippen LogP contribution in [-0.2, 0) is 0 Å². The van der Waals surface area contributed by atoms with Crippen LogP contribution in [-0.4, -0.2) is 21.8 Å². The van der Waals surface area contributed by atoms with E-state index in [2.05, 4.69) is 52.0 Å². The number of aryl methyl sites for hydroxylation is 4. The first kappa shape index (κ1) is 16.9. The Bertz CT molecular complexity index is 592. The van der Waals surface area contributed by atoms with Crippen molar-refractivity contribution >= 4 is 26.0 Å². The van der Waals surface area contributed by atoms with Gasteiger partial charge in [0.1, 0.15) is 11.5 Å². The van der Waals surface area contributed by atoms with E-state index in [-0.39, 0.29) is 15.4 Å². The maximum atomic E-state index is 5.50. The third-order valence-corrected chi connectivity index (χ3v) is 4.59. The molecule has 0 saturated carbocycles. The predicted octanol–water partition coefficient (Wildman–Crippen LogP) is 2.65. The Morgan fingerprint density at radius 2 is 0.955 bits per heavy atom. The van der Waals surface area contributed by atoms with Gasteiger partial charge in [-0.05, 0) is 57.5 Å². The minimum absolute atomic E-state index is 0.131. The van der Waals surface area contributed by atoms with Crippen molar-refractivity contribution in [3.8, 4) is 11.5 Å². The summed E-state index contributed by atoms with van der Waals surface area (Å²) in [5, 5.41) is 2.99. The highest BCUT2D eigenvalue weighted by Gasteiger charge is 2.11. The standard InChI is InChI=1S/C18H25BO2P/c1-11-7-15(8-12(2)17(11)20-5)22(19)16-9-13(3)18(21-6)14(4)10-16/h7-10H,1-6,19H3/q-1. The van der Waals surface area contributed by atoms with E-state index in [1.807, 2.05) is 0 Å². The van der Waals surface area contributed by atoms with Crippen LogP contribution in [0, 0.1) is 27.7 Å². The molecule has 2 rings (SSSR count). The molecule has 0 aliphatic heterocycles. The molecule has 0 unspecified atom stereocenters. The molecule has 2 nitrogen and oxygen atoms in total. The number of methoxy groups -OCH3 is 2. The molecule has 0 fully saturated rings. The molecule has 0 bridgehead atoms. The maximum Gasteiger partial charge on any atom is 0.124 e. The van der Waals surface area contributed by atoms with Gasteiger partial charge in [0.2, 0.25) is 0 Å². The second-order valence-corrected chi connectivity index (χ2v) is 6.59. The minimum Gasteiger partial charge on any atom is -0.496 e. The first-order valence-electron chi connectivity index (χ1n) is 6.98. The minimum atomic E-state index is -0.131. The summed E-state index contributed by atoms with van der Waals surface area (Å²) in [5.74, 6) is 2.04. The van der Waals surface area contributed by atoms with Crippen LogP contribution in [0.2, 0.25) is 0 Å². The van der Waals surface area contributed by atoms with Gasteiger partial charge < -0.3 is 9.47 Å². The molecule has 22 heavy (non-hydrogen) atoms. The van der Waals surface area contributed by atoms with Crippen LogP contribution >= 0.6 is 7.80 Å². The predicted molar refractivity (Wildman–Crippen MR) is 101 cm³/mol. The van der Waals surface area contributed by atoms with Gasteiger partial charge >= 0.3 is 0 Å². The van der Waals surface area contributed by atoms with Crippen LogP contribution in [0.25, 0.3) is 0 Å². The summed E-state index contributed by atoms with van der Waals surface area (Å²) >= 11 is 0. The third-order valence-electron chi connectivity index (χ3n) is 3.56. The largest absolute Gasteiger partial charge is 0.496 e. The van der Waals surface area contributed by atoms with Crippen LogP contribution in [0.3, 0.4) is 0 Å². The highest BCUT2D eigenvalue weighted by atomic mass is 31.1. The van der Waals surface area contributed by atoms with Gasteiger partial charge in [-0.2, -0.15) is 0 Å². The molecular weight excluding hydrogens is 290 g/mol. The molecule has 4 heteroatoms. The van der Waals surface area contributed by atoms with E-state index in [1.165, 1.54) is 32.9 Å². The van der Waals surface area contributed by atoms with Crippen molar-refractivity contribution in [3.63, 3.8) is 0 Å². The molecule has 0 heterocycles. The monoisotopic (exact) mass is 315 g/mol.